The van der Waals surface area contributed by atoms with Crippen LogP contribution in [-0.2, 0) is 0 Å². The Bertz CT molecular complexity index is 1300. The maximum Gasteiger partial charge on any atom is 0.257 e. The van der Waals surface area contributed by atoms with E-state index in [1.807, 2.05) is 50.2 Å². The molecule has 0 radical (unpaired) electrons. The molecule has 0 atom stereocenters. The summed E-state index contributed by atoms with van der Waals surface area (Å²) in [6.45, 7) is 4.43. The van der Waals surface area contributed by atoms with Crippen LogP contribution < -0.4 is 15.4 Å². The second kappa shape index (κ2) is 9.11. The molecule has 7 nitrogen and oxygen atoms in total. The summed E-state index contributed by atoms with van der Waals surface area (Å²) in [7, 11) is 0. The minimum absolute atomic E-state index is 0.0978. The lowest BCUT2D eigenvalue weighted by molar-refractivity contribution is 0.0977. The fourth-order valence-corrected chi connectivity index (χ4v) is 3.32. The Labute approximate surface area is 189 Å². The van der Waals surface area contributed by atoms with Crippen molar-refractivity contribution in [1.82, 2.24) is 20.3 Å². The Morgan fingerprint density at radius 1 is 1.09 bits per heavy atom. The van der Waals surface area contributed by atoms with E-state index in [2.05, 4.69) is 20.8 Å². The number of fused-ring (bicyclic) bond motifs is 1. The lowest BCUT2D eigenvalue weighted by Crippen LogP contribution is -2.34. The summed E-state index contributed by atoms with van der Waals surface area (Å²) in [5, 5.41) is 14.7. The second-order valence-corrected chi connectivity index (χ2v) is 7.40. The van der Waals surface area contributed by atoms with Gasteiger partial charge in [0.1, 0.15) is 22.6 Å². The highest BCUT2D eigenvalue weighted by molar-refractivity contribution is 7.80. The number of aromatic nitrogens is 3. The van der Waals surface area contributed by atoms with Crippen LogP contribution in [0.2, 0.25) is 0 Å². The van der Waals surface area contributed by atoms with E-state index in [0.29, 0.717) is 17.8 Å². The van der Waals surface area contributed by atoms with Gasteiger partial charge in [0.15, 0.2) is 5.11 Å². The Morgan fingerprint density at radius 2 is 1.81 bits per heavy atom. The maximum absolute atomic E-state index is 13.3. The molecule has 0 aliphatic rings. The van der Waals surface area contributed by atoms with Crippen LogP contribution in [0.4, 0.5) is 10.1 Å². The van der Waals surface area contributed by atoms with Crippen molar-refractivity contribution in [2.75, 3.05) is 11.9 Å². The summed E-state index contributed by atoms with van der Waals surface area (Å²) in [5.41, 5.74) is 3.91. The topological polar surface area (TPSA) is 81.1 Å². The average Bonchev–Trinajstić information content (AvgIpc) is 3.17. The number of carbonyl (C=O) groups is 1. The van der Waals surface area contributed by atoms with E-state index in [0.717, 1.165) is 28.6 Å². The predicted octanol–water partition coefficient (Wildman–Crippen LogP) is 4.39. The maximum atomic E-state index is 13.3. The van der Waals surface area contributed by atoms with Gasteiger partial charge in [-0.1, -0.05) is 6.07 Å². The van der Waals surface area contributed by atoms with Crippen LogP contribution in [0.1, 0.15) is 22.8 Å². The van der Waals surface area contributed by atoms with Crippen molar-refractivity contribution in [3.63, 3.8) is 0 Å². The fraction of sp³-hybridized carbons (Fsp3) is 0.130. The van der Waals surface area contributed by atoms with Gasteiger partial charge in [-0.05, 0) is 86.2 Å². The van der Waals surface area contributed by atoms with E-state index in [-0.39, 0.29) is 10.7 Å². The number of ether oxygens (including phenoxy) is 1. The molecule has 0 bridgehead atoms. The molecule has 0 fully saturated rings. The average molecular weight is 450 g/mol. The van der Waals surface area contributed by atoms with Gasteiger partial charge in [0, 0.05) is 11.3 Å². The number of aryl methyl sites for hydroxylation is 1. The Morgan fingerprint density at radius 3 is 2.50 bits per heavy atom. The zero-order chi connectivity index (χ0) is 22.7. The normalized spacial score (nSPS) is 10.7. The minimum atomic E-state index is -0.498. The fourth-order valence-electron chi connectivity index (χ4n) is 3.12. The number of nitrogens with one attached hydrogen (secondary N) is 2. The smallest absolute Gasteiger partial charge is 0.257 e. The van der Waals surface area contributed by atoms with Crippen molar-refractivity contribution in [3.05, 3.63) is 77.6 Å². The standard InChI is InChI=1S/C23H20FN5O2S/c1-3-31-18-9-7-17(8-10-18)29-27-20-11-14(2)19(13-21(20)28-29)25-23(32)26-22(30)15-5-4-6-16(24)12-15/h4-13H,3H2,1-2H3,(H2,25,26,30,32). The van der Waals surface area contributed by atoms with E-state index < -0.39 is 11.7 Å². The molecule has 0 spiro atoms. The van der Waals surface area contributed by atoms with E-state index >= 15 is 0 Å². The van der Waals surface area contributed by atoms with Crippen LogP contribution >= 0.6 is 12.2 Å². The minimum Gasteiger partial charge on any atom is -0.494 e. The Hall–Kier alpha value is -3.85. The zero-order valence-corrected chi connectivity index (χ0v) is 18.2. The van der Waals surface area contributed by atoms with Gasteiger partial charge in [0.2, 0.25) is 0 Å². The summed E-state index contributed by atoms with van der Waals surface area (Å²) >= 11 is 5.25. The Balaban J connectivity index is 1.51. The molecule has 0 unspecified atom stereocenters. The van der Waals surface area contributed by atoms with Gasteiger partial charge in [-0.25, -0.2) is 4.39 Å². The summed E-state index contributed by atoms with van der Waals surface area (Å²) in [6, 6.07) is 16.6. The molecule has 3 aromatic carbocycles. The number of hydrogen-bond donors (Lipinski definition) is 2. The first kappa shape index (κ1) is 21.4. The largest absolute Gasteiger partial charge is 0.494 e. The van der Waals surface area contributed by atoms with Crippen LogP contribution in [0.3, 0.4) is 0 Å². The van der Waals surface area contributed by atoms with Crippen LogP contribution in [-0.4, -0.2) is 32.6 Å². The first-order valence-electron chi connectivity index (χ1n) is 9.92. The van der Waals surface area contributed by atoms with Crippen LogP contribution in [0, 0.1) is 12.7 Å². The molecule has 2 N–H and O–H groups in total. The van der Waals surface area contributed by atoms with E-state index in [1.165, 1.54) is 18.2 Å². The summed E-state index contributed by atoms with van der Waals surface area (Å²) < 4.78 is 18.8. The van der Waals surface area contributed by atoms with E-state index in [4.69, 9.17) is 17.0 Å². The SMILES string of the molecule is CCOc1ccc(-n2nc3cc(C)c(NC(=S)NC(=O)c4cccc(F)c4)cc3n2)cc1. The summed E-state index contributed by atoms with van der Waals surface area (Å²) in [4.78, 5) is 13.8. The highest BCUT2D eigenvalue weighted by atomic mass is 32.1. The molecule has 9 heteroatoms. The molecule has 0 saturated carbocycles. The van der Waals surface area contributed by atoms with Gasteiger partial charge in [-0.2, -0.15) is 4.80 Å². The number of hydrogen-bond acceptors (Lipinski definition) is 5. The molecule has 162 valence electrons. The third kappa shape index (κ3) is 4.73. The predicted molar refractivity (Wildman–Crippen MR) is 125 cm³/mol. The second-order valence-electron chi connectivity index (χ2n) is 6.99. The van der Waals surface area contributed by atoms with E-state index in [9.17, 15) is 9.18 Å². The third-order valence-electron chi connectivity index (χ3n) is 4.67. The molecule has 1 amide bonds. The van der Waals surface area contributed by atoms with Crippen LogP contribution in [0.15, 0.2) is 60.7 Å². The van der Waals surface area contributed by atoms with Crippen LogP contribution in [0.5, 0.6) is 5.75 Å². The Kier molecular flexibility index (Phi) is 6.09. The first-order valence-corrected chi connectivity index (χ1v) is 10.3. The monoisotopic (exact) mass is 449 g/mol. The highest BCUT2D eigenvalue weighted by Gasteiger charge is 2.12. The molecule has 0 aliphatic heterocycles. The van der Waals surface area contributed by atoms with Crippen molar-refractivity contribution in [2.45, 2.75) is 13.8 Å². The quantitative estimate of drug-likeness (QED) is 0.440. The van der Waals surface area contributed by atoms with Crippen molar-refractivity contribution in [3.8, 4) is 11.4 Å². The molecule has 0 saturated heterocycles. The number of rotatable bonds is 5. The summed E-state index contributed by atoms with van der Waals surface area (Å²) in [5.74, 6) is -0.209. The molecule has 1 heterocycles. The van der Waals surface area contributed by atoms with Crippen molar-refractivity contribution >= 4 is 40.0 Å². The first-order chi connectivity index (χ1) is 15.4. The number of amides is 1. The van der Waals surface area contributed by atoms with E-state index in [1.54, 1.807) is 4.80 Å². The number of benzene rings is 3. The molecule has 4 rings (SSSR count). The molecule has 0 aliphatic carbocycles. The number of carbonyl (C=O) groups excluding carboxylic acids is 1. The van der Waals surface area contributed by atoms with Gasteiger partial charge in [0.25, 0.3) is 5.91 Å². The van der Waals surface area contributed by atoms with Crippen molar-refractivity contribution in [2.24, 2.45) is 0 Å². The summed E-state index contributed by atoms with van der Waals surface area (Å²) in [6.07, 6.45) is 0. The van der Waals surface area contributed by atoms with Gasteiger partial charge >= 0.3 is 0 Å². The highest BCUT2D eigenvalue weighted by Crippen LogP contribution is 2.23. The van der Waals surface area contributed by atoms with Crippen molar-refractivity contribution in [1.29, 1.82) is 0 Å². The molecular weight excluding hydrogens is 429 g/mol. The number of halogens is 1. The molecule has 4 aromatic rings. The van der Waals surface area contributed by atoms with Crippen LogP contribution in [0.25, 0.3) is 16.7 Å². The van der Waals surface area contributed by atoms with Crippen molar-refractivity contribution < 1.29 is 13.9 Å². The van der Waals surface area contributed by atoms with Gasteiger partial charge in [-0.3, -0.25) is 10.1 Å². The number of nitrogens with zero attached hydrogens (tertiary/aromatic N) is 3. The number of thiocarbonyl (C=S) groups is 1. The van der Waals surface area contributed by atoms with Gasteiger partial charge in [0.05, 0.1) is 12.3 Å². The lowest BCUT2D eigenvalue weighted by atomic mass is 10.2. The molecular formula is C23H20FN5O2S. The van der Waals surface area contributed by atoms with Gasteiger partial charge in [-0.15, -0.1) is 10.2 Å². The lowest BCUT2D eigenvalue weighted by Gasteiger charge is -2.11. The third-order valence-corrected chi connectivity index (χ3v) is 4.87. The molecule has 1 aromatic heterocycles. The number of anilines is 1. The zero-order valence-electron chi connectivity index (χ0n) is 17.4. The molecule has 32 heavy (non-hydrogen) atoms. The van der Waals surface area contributed by atoms with Gasteiger partial charge < -0.3 is 10.1 Å².